The Kier molecular flexibility index (Phi) is 4.20. The average molecular weight is 294 g/mol. The molecule has 0 spiro atoms. The molecular formula is C11H10F4N2OS. The first kappa shape index (κ1) is 14.0. The van der Waals surface area contributed by atoms with Gasteiger partial charge in [-0.2, -0.15) is 13.2 Å². The minimum absolute atomic E-state index is 0.0796. The number of benzene rings is 1. The summed E-state index contributed by atoms with van der Waals surface area (Å²) in [5, 5.41) is 3.36. The van der Waals surface area contributed by atoms with E-state index in [1.807, 2.05) is 0 Å². The highest BCUT2D eigenvalue weighted by Gasteiger charge is 2.27. The molecule has 0 fully saturated rings. The maximum Gasteiger partial charge on any atom is 0.411 e. The fraction of sp³-hybridized carbons (Fsp3) is 0.364. The standard InChI is InChI=1S/C11H10F4N2OS/c12-7-1-2-9-8(5-7)17-10(19-9)16-3-4-18-6-11(13,14)15/h1-2,5H,3-4,6H2,(H,16,17). The quantitative estimate of drug-likeness (QED) is 0.677. The van der Waals surface area contributed by atoms with Crippen LogP contribution in [0.3, 0.4) is 0 Å². The summed E-state index contributed by atoms with van der Waals surface area (Å²) in [5.41, 5.74) is 0.517. The third kappa shape index (κ3) is 4.32. The average Bonchev–Trinajstić information content (AvgIpc) is 2.68. The molecule has 0 saturated heterocycles. The van der Waals surface area contributed by atoms with Crippen molar-refractivity contribution in [2.75, 3.05) is 25.1 Å². The molecule has 2 rings (SSSR count). The van der Waals surface area contributed by atoms with Crippen molar-refractivity contribution in [3.05, 3.63) is 24.0 Å². The van der Waals surface area contributed by atoms with Gasteiger partial charge in [0.2, 0.25) is 0 Å². The largest absolute Gasteiger partial charge is 0.411 e. The summed E-state index contributed by atoms with van der Waals surface area (Å²) >= 11 is 1.30. The van der Waals surface area contributed by atoms with E-state index in [1.165, 1.54) is 23.5 Å². The lowest BCUT2D eigenvalue weighted by atomic mass is 10.3. The summed E-state index contributed by atoms with van der Waals surface area (Å²) < 4.78 is 53.6. The van der Waals surface area contributed by atoms with Crippen LogP contribution in [0, 0.1) is 5.82 Å². The summed E-state index contributed by atoms with van der Waals surface area (Å²) in [7, 11) is 0. The number of ether oxygens (including phenoxy) is 1. The molecule has 0 saturated carbocycles. The Balaban J connectivity index is 1.82. The summed E-state index contributed by atoms with van der Waals surface area (Å²) in [6.45, 7) is -1.14. The number of rotatable bonds is 5. The van der Waals surface area contributed by atoms with E-state index in [0.29, 0.717) is 10.6 Å². The number of alkyl halides is 3. The van der Waals surface area contributed by atoms with Gasteiger partial charge in [0.25, 0.3) is 0 Å². The lowest BCUT2D eigenvalue weighted by Gasteiger charge is -2.07. The molecule has 0 aliphatic rings. The predicted molar refractivity (Wildman–Crippen MR) is 64.9 cm³/mol. The van der Waals surface area contributed by atoms with Crippen molar-refractivity contribution in [2.24, 2.45) is 0 Å². The lowest BCUT2D eigenvalue weighted by molar-refractivity contribution is -0.172. The Hall–Kier alpha value is -1.41. The van der Waals surface area contributed by atoms with Crippen LogP contribution in [0.2, 0.25) is 0 Å². The molecule has 0 atom stereocenters. The van der Waals surface area contributed by atoms with Crippen LogP contribution in [0.25, 0.3) is 10.2 Å². The highest BCUT2D eigenvalue weighted by Crippen LogP contribution is 2.26. The van der Waals surface area contributed by atoms with Gasteiger partial charge in [-0.25, -0.2) is 9.37 Å². The third-order valence-corrected chi connectivity index (χ3v) is 3.13. The fourth-order valence-electron chi connectivity index (χ4n) is 1.39. The van der Waals surface area contributed by atoms with Gasteiger partial charge in [-0.3, -0.25) is 0 Å². The van der Waals surface area contributed by atoms with Gasteiger partial charge in [0.15, 0.2) is 5.13 Å². The van der Waals surface area contributed by atoms with E-state index in [2.05, 4.69) is 15.0 Å². The van der Waals surface area contributed by atoms with Crippen LogP contribution in [0.5, 0.6) is 0 Å². The van der Waals surface area contributed by atoms with Gasteiger partial charge in [-0.1, -0.05) is 11.3 Å². The summed E-state index contributed by atoms with van der Waals surface area (Å²) in [5.74, 6) is -0.377. The van der Waals surface area contributed by atoms with Gasteiger partial charge < -0.3 is 10.1 Å². The highest BCUT2D eigenvalue weighted by molar-refractivity contribution is 7.22. The van der Waals surface area contributed by atoms with Crippen LogP contribution >= 0.6 is 11.3 Å². The molecule has 3 nitrogen and oxygen atoms in total. The van der Waals surface area contributed by atoms with Crippen LogP contribution in [-0.4, -0.2) is 30.9 Å². The van der Waals surface area contributed by atoms with Gasteiger partial charge in [-0.05, 0) is 12.1 Å². The monoisotopic (exact) mass is 294 g/mol. The molecule has 1 aromatic carbocycles. The van der Waals surface area contributed by atoms with Gasteiger partial charge in [-0.15, -0.1) is 0 Å². The van der Waals surface area contributed by atoms with E-state index in [4.69, 9.17) is 0 Å². The Bertz CT molecular complexity index is 555. The summed E-state index contributed by atoms with van der Waals surface area (Å²) in [6, 6.07) is 4.24. The van der Waals surface area contributed by atoms with Crippen LogP contribution in [0.15, 0.2) is 18.2 Å². The molecule has 0 aliphatic heterocycles. The molecule has 104 valence electrons. The molecule has 2 aromatic rings. The van der Waals surface area contributed by atoms with Crippen LogP contribution in [0.1, 0.15) is 0 Å². The van der Waals surface area contributed by atoms with Crippen molar-refractivity contribution >= 4 is 26.7 Å². The molecule has 0 radical (unpaired) electrons. The number of halogens is 4. The Morgan fingerprint density at radius 3 is 2.84 bits per heavy atom. The molecule has 0 aliphatic carbocycles. The van der Waals surface area contributed by atoms with E-state index in [1.54, 1.807) is 6.07 Å². The minimum Gasteiger partial charge on any atom is -0.370 e. The summed E-state index contributed by atoms with van der Waals surface area (Å²) in [6.07, 6.45) is -4.31. The number of thiazole rings is 1. The second-order valence-corrected chi connectivity index (χ2v) is 4.76. The van der Waals surface area contributed by atoms with Gasteiger partial charge >= 0.3 is 6.18 Å². The zero-order valence-electron chi connectivity index (χ0n) is 9.63. The van der Waals surface area contributed by atoms with Crippen LogP contribution in [-0.2, 0) is 4.74 Å². The molecule has 19 heavy (non-hydrogen) atoms. The van der Waals surface area contributed by atoms with E-state index in [0.717, 1.165) is 4.70 Å². The Labute approximate surface area is 110 Å². The van der Waals surface area contributed by atoms with Crippen LogP contribution in [0.4, 0.5) is 22.7 Å². The van der Waals surface area contributed by atoms with Crippen molar-refractivity contribution in [3.63, 3.8) is 0 Å². The first-order valence-electron chi connectivity index (χ1n) is 5.38. The van der Waals surface area contributed by atoms with E-state index in [9.17, 15) is 17.6 Å². The normalized spacial score (nSPS) is 12.0. The van der Waals surface area contributed by atoms with Crippen molar-refractivity contribution in [1.82, 2.24) is 4.98 Å². The second-order valence-electron chi connectivity index (χ2n) is 3.73. The Morgan fingerprint density at radius 1 is 1.32 bits per heavy atom. The molecular weight excluding hydrogens is 284 g/mol. The third-order valence-electron chi connectivity index (χ3n) is 2.14. The topological polar surface area (TPSA) is 34.1 Å². The van der Waals surface area contributed by atoms with Gasteiger partial charge in [0, 0.05) is 12.6 Å². The SMILES string of the molecule is Fc1ccc2sc(NCCOCC(F)(F)F)nc2c1. The minimum atomic E-state index is -4.31. The molecule has 1 heterocycles. The molecule has 0 bridgehead atoms. The number of nitrogens with zero attached hydrogens (tertiary/aromatic N) is 1. The van der Waals surface area contributed by atoms with Crippen LogP contribution < -0.4 is 5.32 Å². The highest BCUT2D eigenvalue weighted by atomic mass is 32.1. The molecule has 0 amide bonds. The first-order valence-corrected chi connectivity index (χ1v) is 6.20. The van der Waals surface area contributed by atoms with E-state index >= 15 is 0 Å². The predicted octanol–water partition coefficient (Wildman–Crippen LogP) is 3.43. The zero-order valence-corrected chi connectivity index (χ0v) is 10.4. The number of hydrogen-bond donors (Lipinski definition) is 1. The van der Waals surface area contributed by atoms with Crippen molar-refractivity contribution in [1.29, 1.82) is 0 Å². The molecule has 1 aromatic heterocycles. The van der Waals surface area contributed by atoms with Crippen molar-refractivity contribution < 1.29 is 22.3 Å². The molecule has 0 unspecified atom stereocenters. The van der Waals surface area contributed by atoms with Crippen molar-refractivity contribution in [2.45, 2.75) is 6.18 Å². The fourth-order valence-corrected chi connectivity index (χ4v) is 2.27. The van der Waals surface area contributed by atoms with Gasteiger partial charge in [0.05, 0.1) is 16.8 Å². The second kappa shape index (κ2) is 5.70. The van der Waals surface area contributed by atoms with Gasteiger partial charge in [0.1, 0.15) is 12.4 Å². The first-order chi connectivity index (χ1) is 8.94. The molecule has 8 heteroatoms. The van der Waals surface area contributed by atoms with E-state index < -0.39 is 12.8 Å². The van der Waals surface area contributed by atoms with E-state index in [-0.39, 0.29) is 19.0 Å². The Morgan fingerprint density at radius 2 is 2.11 bits per heavy atom. The lowest BCUT2D eigenvalue weighted by Crippen LogP contribution is -2.20. The summed E-state index contributed by atoms with van der Waals surface area (Å²) in [4.78, 5) is 4.11. The number of fused-ring (bicyclic) bond motifs is 1. The number of hydrogen-bond acceptors (Lipinski definition) is 4. The zero-order chi connectivity index (χ0) is 13.9. The maximum absolute atomic E-state index is 12.9. The number of aromatic nitrogens is 1. The maximum atomic E-state index is 12.9. The smallest absolute Gasteiger partial charge is 0.370 e. The van der Waals surface area contributed by atoms with Crippen molar-refractivity contribution in [3.8, 4) is 0 Å². The number of nitrogens with one attached hydrogen (secondary N) is 1. The number of anilines is 1. The molecule has 1 N–H and O–H groups in total.